The smallest absolute Gasteiger partial charge is 0.223 e. The topological polar surface area (TPSA) is 37.8 Å². The molecule has 0 saturated carbocycles. The first-order chi connectivity index (χ1) is 6.09. The van der Waals surface area contributed by atoms with E-state index in [1.807, 2.05) is 20.0 Å². The van der Waals surface area contributed by atoms with Gasteiger partial charge >= 0.3 is 0 Å². The summed E-state index contributed by atoms with van der Waals surface area (Å²) in [4.78, 5) is 8.39. The third-order valence-corrected chi connectivity index (χ3v) is 1.94. The van der Waals surface area contributed by atoms with Gasteiger partial charge in [-0.1, -0.05) is 22.5 Å². The van der Waals surface area contributed by atoms with Gasteiger partial charge in [0.2, 0.25) is 5.95 Å². The second kappa shape index (κ2) is 4.37. The predicted octanol–water partition coefficient (Wildman–Crippen LogP) is 2.41. The van der Waals surface area contributed by atoms with Crippen molar-refractivity contribution in [3.8, 4) is 0 Å². The monoisotopic (exact) mass is 241 g/mol. The van der Waals surface area contributed by atoms with Gasteiger partial charge < -0.3 is 5.32 Å². The summed E-state index contributed by atoms with van der Waals surface area (Å²) in [7, 11) is 0. The maximum atomic E-state index is 4.26. The molecule has 0 aliphatic rings. The van der Waals surface area contributed by atoms with Gasteiger partial charge in [-0.2, -0.15) is 0 Å². The van der Waals surface area contributed by atoms with Crippen LogP contribution in [0.2, 0.25) is 0 Å². The fourth-order valence-electron chi connectivity index (χ4n) is 0.787. The van der Waals surface area contributed by atoms with E-state index >= 15 is 0 Å². The second-order valence-corrected chi connectivity index (χ2v) is 3.95. The molecule has 0 atom stereocenters. The molecule has 0 saturated heterocycles. The lowest BCUT2D eigenvalue weighted by molar-refractivity contribution is 1.04. The summed E-state index contributed by atoms with van der Waals surface area (Å²) in [5.41, 5.74) is 2.10. The van der Waals surface area contributed by atoms with Gasteiger partial charge in [0.25, 0.3) is 0 Å². The molecule has 1 rings (SSSR count). The molecule has 1 heterocycles. The van der Waals surface area contributed by atoms with Gasteiger partial charge in [0.1, 0.15) is 0 Å². The third-order valence-electron chi connectivity index (χ3n) is 1.66. The summed E-state index contributed by atoms with van der Waals surface area (Å²) < 4.78 is 0.884. The van der Waals surface area contributed by atoms with Gasteiger partial charge in [-0.05, 0) is 19.4 Å². The maximum Gasteiger partial charge on any atom is 0.223 e. The van der Waals surface area contributed by atoms with Crippen LogP contribution in [0.15, 0.2) is 17.3 Å². The van der Waals surface area contributed by atoms with Crippen LogP contribution in [0, 0.1) is 13.8 Å². The van der Waals surface area contributed by atoms with Crippen LogP contribution in [0.3, 0.4) is 0 Å². The number of aromatic nitrogens is 2. The zero-order valence-corrected chi connectivity index (χ0v) is 9.35. The van der Waals surface area contributed by atoms with E-state index in [1.165, 1.54) is 0 Å². The van der Waals surface area contributed by atoms with E-state index in [0.717, 1.165) is 15.7 Å². The molecule has 13 heavy (non-hydrogen) atoms. The molecule has 1 aromatic heterocycles. The minimum absolute atomic E-state index is 0.641. The van der Waals surface area contributed by atoms with Crippen molar-refractivity contribution in [3.63, 3.8) is 0 Å². The summed E-state index contributed by atoms with van der Waals surface area (Å²) in [5, 5.41) is 3.04. The Kier molecular flexibility index (Phi) is 3.42. The molecule has 70 valence electrons. The van der Waals surface area contributed by atoms with Crippen molar-refractivity contribution in [2.75, 3.05) is 11.9 Å². The minimum Gasteiger partial charge on any atom is -0.350 e. The normalized spacial score (nSPS) is 9.77. The van der Waals surface area contributed by atoms with E-state index in [4.69, 9.17) is 0 Å². The molecule has 1 aromatic rings. The molecule has 0 spiro atoms. The lowest BCUT2D eigenvalue weighted by Gasteiger charge is -2.04. The van der Waals surface area contributed by atoms with Crippen molar-refractivity contribution in [2.45, 2.75) is 13.8 Å². The highest BCUT2D eigenvalue weighted by Crippen LogP contribution is 2.06. The van der Waals surface area contributed by atoms with Crippen LogP contribution in [-0.2, 0) is 0 Å². The Morgan fingerprint density at radius 2 is 2.31 bits per heavy atom. The number of nitrogens with one attached hydrogen (secondary N) is 1. The molecule has 0 amide bonds. The summed E-state index contributed by atoms with van der Waals surface area (Å²) in [6, 6.07) is 0. The molecule has 0 aliphatic carbocycles. The van der Waals surface area contributed by atoms with Crippen LogP contribution in [0.1, 0.15) is 11.3 Å². The highest BCUT2D eigenvalue weighted by molar-refractivity contribution is 9.11. The number of hydrogen-bond acceptors (Lipinski definition) is 3. The molecule has 0 fully saturated rings. The fourth-order valence-corrected chi connectivity index (χ4v) is 0.928. The summed E-state index contributed by atoms with van der Waals surface area (Å²) in [6.07, 6.45) is 1.81. The second-order valence-electron chi connectivity index (χ2n) is 2.83. The lowest BCUT2D eigenvalue weighted by atomic mass is 10.3. The molecule has 0 aromatic carbocycles. The van der Waals surface area contributed by atoms with Crippen LogP contribution in [0.25, 0.3) is 0 Å². The van der Waals surface area contributed by atoms with Crippen molar-refractivity contribution < 1.29 is 0 Å². The van der Waals surface area contributed by atoms with E-state index in [-0.39, 0.29) is 0 Å². The maximum absolute atomic E-state index is 4.26. The quantitative estimate of drug-likeness (QED) is 0.884. The Balaban J connectivity index is 2.68. The number of hydrogen-bond donors (Lipinski definition) is 1. The first-order valence-corrected chi connectivity index (χ1v) is 4.76. The summed E-state index contributed by atoms with van der Waals surface area (Å²) in [5.74, 6) is 0.642. The van der Waals surface area contributed by atoms with Gasteiger partial charge in [0.05, 0.1) is 0 Å². The fraction of sp³-hybridized carbons (Fsp3) is 0.333. The molecular weight excluding hydrogens is 230 g/mol. The molecule has 3 nitrogen and oxygen atoms in total. The third kappa shape index (κ3) is 3.14. The van der Waals surface area contributed by atoms with E-state index in [9.17, 15) is 0 Å². The van der Waals surface area contributed by atoms with Crippen molar-refractivity contribution >= 4 is 21.9 Å². The molecule has 0 bridgehead atoms. The van der Waals surface area contributed by atoms with Crippen molar-refractivity contribution in [3.05, 3.63) is 28.5 Å². The van der Waals surface area contributed by atoms with Crippen LogP contribution < -0.4 is 5.32 Å². The van der Waals surface area contributed by atoms with Crippen LogP contribution in [0.4, 0.5) is 5.95 Å². The Hall–Kier alpha value is -0.900. The number of aryl methyl sites for hydroxylation is 2. The summed E-state index contributed by atoms with van der Waals surface area (Å²) in [6.45, 7) is 8.30. The average molecular weight is 242 g/mol. The standard InChI is InChI=1S/C9H12BrN3/c1-6-4-11-9(13-8(6)3)12-5-7(2)10/h4H,2,5H2,1,3H3,(H,11,12,13). The zero-order chi connectivity index (χ0) is 9.84. The van der Waals surface area contributed by atoms with Crippen LogP contribution in [0.5, 0.6) is 0 Å². The van der Waals surface area contributed by atoms with Crippen LogP contribution >= 0.6 is 15.9 Å². The average Bonchev–Trinajstić information content (AvgIpc) is 2.07. The van der Waals surface area contributed by atoms with Crippen molar-refractivity contribution in [1.82, 2.24) is 9.97 Å². The Morgan fingerprint density at radius 3 is 2.85 bits per heavy atom. The van der Waals surface area contributed by atoms with Gasteiger partial charge in [0, 0.05) is 22.9 Å². The SMILES string of the molecule is C=C(Br)CNc1ncc(C)c(C)n1. The van der Waals surface area contributed by atoms with E-state index in [2.05, 4.69) is 37.8 Å². The zero-order valence-electron chi connectivity index (χ0n) is 7.76. The first-order valence-electron chi connectivity index (χ1n) is 3.97. The number of nitrogens with zero attached hydrogens (tertiary/aromatic N) is 2. The summed E-state index contributed by atoms with van der Waals surface area (Å²) >= 11 is 3.25. The number of rotatable bonds is 3. The minimum atomic E-state index is 0.641. The number of halogens is 1. The van der Waals surface area contributed by atoms with Gasteiger partial charge in [-0.3, -0.25) is 0 Å². The Labute approximate surface area is 86.4 Å². The van der Waals surface area contributed by atoms with Gasteiger partial charge in [-0.25, -0.2) is 9.97 Å². The largest absolute Gasteiger partial charge is 0.350 e. The number of anilines is 1. The first kappa shape index (κ1) is 10.2. The molecule has 1 N–H and O–H groups in total. The highest BCUT2D eigenvalue weighted by Gasteiger charge is 1.98. The molecule has 4 heteroatoms. The van der Waals surface area contributed by atoms with Crippen LogP contribution in [-0.4, -0.2) is 16.5 Å². The van der Waals surface area contributed by atoms with E-state index in [1.54, 1.807) is 0 Å². The molecule has 0 radical (unpaired) electrons. The Morgan fingerprint density at radius 1 is 1.62 bits per heavy atom. The van der Waals surface area contributed by atoms with Crippen molar-refractivity contribution in [1.29, 1.82) is 0 Å². The lowest BCUT2D eigenvalue weighted by Crippen LogP contribution is -2.05. The van der Waals surface area contributed by atoms with E-state index < -0.39 is 0 Å². The highest BCUT2D eigenvalue weighted by atomic mass is 79.9. The predicted molar refractivity (Wildman–Crippen MR) is 58.1 cm³/mol. The Bertz CT molecular complexity index is 323. The van der Waals surface area contributed by atoms with Gasteiger partial charge in [-0.15, -0.1) is 0 Å². The van der Waals surface area contributed by atoms with E-state index in [0.29, 0.717) is 12.5 Å². The molecular formula is C9H12BrN3. The van der Waals surface area contributed by atoms with Gasteiger partial charge in [0.15, 0.2) is 0 Å². The molecule has 0 aliphatic heterocycles. The molecule has 0 unspecified atom stereocenters. The van der Waals surface area contributed by atoms with Crippen molar-refractivity contribution in [2.24, 2.45) is 0 Å².